The fourth-order valence-electron chi connectivity index (χ4n) is 3.04. The maximum Gasteiger partial charge on any atom is 0.247 e. The molecule has 180 valence electrons. The standard InChI is InChI=1S/C23H20N4O8/c1-2-16(29)27-18-12(19(31)23(35)21(33)14(18)10-25)4-3-7-26-17(30)6-5-11-8-15(28)22(34)20(32)13(11)9-24/h2,5-6,8,28,31-35H,1,3-4,7H2,(H,26,30)(H,27,29)/b6-5+. The van der Waals surface area contributed by atoms with Gasteiger partial charge in [-0.1, -0.05) is 6.58 Å². The van der Waals surface area contributed by atoms with Crippen LogP contribution in [0.5, 0.6) is 34.5 Å². The van der Waals surface area contributed by atoms with Crippen LogP contribution in [0.2, 0.25) is 0 Å². The molecular weight excluding hydrogens is 460 g/mol. The minimum Gasteiger partial charge on any atom is -0.504 e. The Labute approximate surface area is 198 Å². The van der Waals surface area contributed by atoms with Gasteiger partial charge in [0.1, 0.15) is 23.3 Å². The van der Waals surface area contributed by atoms with E-state index in [2.05, 4.69) is 17.2 Å². The highest BCUT2D eigenvalue weighted by Gasteiger charge is 2.24. The number of aromatic hydroxyl groups is 6. The van der Waals surface area contributed by atoms with Gasteiger partial charge in [-0.25, -0.2) is 0 Å². The second-order valence-corrected chi connectivity index (χ2v) is 6.98. The number of anilines is 1. The number of nitrogens with zero attached hydrogens (tertiary/aromatic N) is 2. The van der Waals surface area contributed by atoms with Crippen molar-refractivity contribution in [1.82, 2.24) is 5.32 Å². The van der Waals surface area contributed by atoms with Crippen molar-refractivity contribution in [3.05, 3.63) is 47.1 Å². The van der Waals surface area contributed by atoms with E-state index in [4.69, 9.17) is 5.26 Å². The number of hydrogen-bond donors (Lipinski definition) is 8. The van der Waals surface area contributed by atoms with Crippen LogP contribution in [-0.2, 0) is 16.0 Å². The van der Waals surface area contributed by atoms with Crippen LogP contribution in [0.25, 0.3) is 6.08 Å². The van der Waals surface area contributed by atoms with Gasteiger partial charge in [0, 0.05) is 23.7 Å². The average molecular weight is 480 g/mol. The molecule has 0 aliphatic heterocycles. The van der Waals surface area contributed by atoms with Crippen LogP contribution in [-0.4, -0.2) is 49.0 Å². The predicted molar refractivity (Wildman–Crippen MR) is 121 cm³/mol. The Bertz CT molecular complexity index is 1320. The number of benzene rings is 2. The fourth-order valence-corrected chi connectivity index (χ4v) is 3.04. The van der Waals surface area contributed by atoms with Crippen molar-refractivity contribution in [2.75, 3.05) is 11.9 Å². The number of amides is 2. The van der Waals surface area contributed by atoms with Gasteiger partial charge in [-0.05, 0) is 31.1 Å². The highest BCUT2D eigenvalue weighted by Crippen LogP contribution is 2.46. The molecule has 0 saturated heterocycles. The molecule has 12 heteroatoms. The average Bonchev–Trinajstić information content (AvgIpc) is 2.84. The van der Waals surface area contributed by atoms with Crippen molar-refractivity contribution in [3.8, 4) is 46.6 Å². The lowest BCUT2D eigenvalue weighted by atomic mass is 9.99. The summed E-state index contributed by atoms with van der Waals surface area (Å²) in [4.78, 5) is 23.8. The summed E-state index contributed by atoms with van der Waals surface area (Å²) in [7, 11) is 0. The topological polar surface area (TPSA) is 227 Å². The van der Waals surface area contributed by atoms with Gasteiger partial charge in [-0.15, -0.1) is 0 Å². The molecule has 0 radical (unpaired) electrons. The van der Waals surface area contributed by atoms with Gasteiger partial charge in [-0.2, -0.15) is 10.5 Å². The van der Waals surface area contributed by atoms with Crippen molar-refractivity contribution in [1.29, 1.82) is 10.5 Å². The molecule has 0 aliphatic carbocycles. The maximum atomic E-state index is 12.1. The minimum absolute atomic E-state index is 0.0217. The Hall–Kier alpha value is -5.36. The van der Waals surface area contributed by atoms with Crippen molar-refractivity contribution in [2.24, 2.45) is 0 Å². The first kappa shape index (κ1) is 25.9. The van der Waals surface area contributed by atoms with Crippen LogP contribution in [0, 0.1) is 22.7 Å². The van der Waals surface area contributed by atoms with Gasteiger partial charge in [0.15, 0.2) is 23.0 Å². The lowest BCUT2D eigenvalue weighted by molar-refractivity contribution is -0.116. The maximum absolute atomic E-state index is 12.1. The molecule has 12 nitrogen and oxygen atoms in total. The monoisotopic (exact) mass is 480 g/mol. The van der Waals surface area contributed by atoms with E-state index in [1.807, 2.05) is 0 Å². The normalized spacial score (nSPS) is 10.3. The van der Waals surface area contributed by atoms with Gasteiger partial charge in [0.25, 0.3) is 0 Å². The molecular formula is C23H20N4O8. The number of phenolic OH excluding ortho intramolecular Hbond substituents is 6. The van der Waals surface area contributed by atoms with E-state index in [0.29, 0.717) is 0 Å². The van der Waals surface area contributed by atoms with Crippen LogP contribution in [0.4, 0.5) is 5.69 Å². The minimum atomic E-state index is -0.936. The van der Waals surface area contributed by atoms with Crippen LogP contribution < -0.4 is 10.6 Å². The summed E-state index contributed by atoms with van der Waals surface area (Å²) < 4.78 is 0. The van der Waals surface area contributed by atoms with Gasteiger partial charge < -0.3 is 41.3 Å². The third-order valence-electron chi connectivity index (χ3n) is 4.78. The number of rotatable bonds is 8. The van der Waals surface area contributed by atoms with E-state index in [-0.39, 0.29) is 41.8 Å². The number of carbonyl (C=O) groups is 2. The molecule has 0 unspecified atom stereocenters. The van der Waals surface area contributed by atoms with E-state index in [1.54, 1.807) is 12.1 Å². The van der Waals surface area contributed by atoms with Crippen LogP contribution in [0.3, 0.4) is 0 Å². The smallest absolute Gasteiger partial charge is 0.247 e. The molecule has 0 saturated carbocycles. The zero-order valence-electron chi connectivity index (χ0n) is 18.0. The Kier molecular flexibility index (Phi) is 8.12. The molecule has 2 amide bonds. The van der Waals surface area contributed by atoms with Crippen LogP contribution in [0.15, 0.2) is 24.8 Å². The number of hydrogen-bond acceptors (Lipinski definition) is 10. The summed E-state index contributed by atoms with van der Waals surface area (Å²) >= 11 is 0. The van der Waals surface area contributed by atoms with E-state index in [1.165, 1.54) is 0 Å². The van der Waals surface area contributed by atoms with Crippen molar-refractivity contribution in [2.45, 2.75) is 12.8 Å². The molecule has 0 fully saturated rings. The van der Waals surface area contributed by atoms with E-state index in [0.717, 1.165) is 24.3 Å². The fraction of sp³-hybridized carbons (Fsp3) is 0.130. The summed E-state index contributed by atoms with van der Waals surface area (Å²) in [6.07, 6.45) is 3.18. The Morgan fingerprint density at radius 2 is 1.54 bits per heavy atom. The lowest BCUT2D eigenvalue weighted by Crippen LogP contribution is -2.22. The SMILES string of the molecule is C=CC(=O)Nc1c(C#N)c(O)c(O)c(O)c1CCCNC(=O)/C=C/c1cc(O)c(O)c(O)c1C#N. The summed E-state index contributed by atoms with van der Waals surface area (Å²) in [5.74, 6) is -6.33. The van der Waals surface area contributed by atoms with E-state index >= 15 is 0 Å². The van der Waals surface area contributed by atoms with Crippen LogP contribution in [0.1, 0.15) is 28.7 Å². The second-order valence-electron chi connectivity index (χ2n) is 6.98. The molecule has 0 aromatic heterocycles. The second kappa shape index (κ2) is 11.0. The van der Waals surface area contributed by atoms with Gasteiger partial charge in [-0.3, -0.25) is 9.59 Å². The zero-order chi connectivity index (χ0) is 26.3. The first-order valence-electron chi connectivity index (χ1n) is 9.84. The van der Waals surface area contributed by atoms with Gasteiger partial charge in [0.05, 0.1) is 5.69 Å². The van der Waals surface area contributed by atoms with Gasteiger partial charge in [0.2, 0.25) is 23.3 Å². The van der Waals surface area contributed by atoms with Crippen LogP contribution >= 0.6 is 0 Å². The van der Waals surface area contributed by atoms with Crippen molar-refractivity contribution >= 4 is 23.6 Å². The molecule has 0 atom stereocenters. The summed E-state index contributed by atoms with van der Waals surface area (Å²) in [6.45, 7) is 3.31. The predicted octanol–water partition coefficient (Wildman–Crippen LogP) is 1.55. The molecule has 0 aliphatic rings. The highest BCUT2D eigenvalue weighted by molar-refractivity contribution is 6.01. The number of nitriles is 2. The third kappa shape index (κ3) is 5.53. The third-order valence-corrected chi connectivity index (χ3v) is 4.78. The molecule has 0 bridgehead atoms. The highest BCUT2D eigenvalue weighted by atomic mass is 16.3. The molecule has 0 heterocycles. The summed E-state index contributed by atoms with van der Waals surface area (Å²) in [6, 6.07) is 4.28. The van der Waals surface area contributed by atoms with Crippen molar-refractivity contribution < 1.29 is 40.2 Å². The first-order chi connectivity index (χ1) is 16.6. The summed E-state index contributed by atoms with van der Waals surface area (Å²) in [5, 5.41) is 82.0. The Morgan fingerprint density at radius 3 is 2.14 bits per heavy atom. The zero-order valence-corrected chi connectivity index (χ0v) is 18.0. The number of carbonyl (C=O) groups excluding carboxylic acids is 2. The van der Waals surface area contributed by atoms with E-state index < -0.39 is 51.9 Å². The Balaban J connectivity index is 2.14. The quantitative estimate of drug-likeness (QED) is 0.118. The molecule has 35 heavy (non-hydrogen) atoms. The molecule has 2 rings (SSSR count). The number of nitrogens with one attached hydrogen (secondary N) is 2. The molecule has 8 N–H and O–H groups in total. The number of phenols is 6. The Morgan fingerprint density at radius 1 is 0.914 bits per heavy atom. The molecule has 2 aromatic rings. The molecule has 2 aromatic carbocycles. The lowest BCUT2D eigenvalue weighted by Gasteiger charge is -2.16. The van der Waals surface area contributed by atoms with Gasteiger partial charge >= 0.3 is 0 Å². The summed E-state index contributed by atoms with van der Waals surface area (Å²) in [5.41, 5.74) is -1.11. The van der Waals surface area contributed by atoms with Crippen molar-refractivity contribution in [3.63, 3.8) is 0 Å². The largest absolute Gasteiger partial charge is 0.504 e. The first-order valence-corrected chi connectivity index (χ1v) is 9.84. The van der Waals surface area contributed by atoms with E-state index in [9.17, 15) is 45.5 Å². The molecule has 0 spiro atoms.